The third-order valence-corrected chi connectivity index (χ3v) is 2.09. The van der Waals surface area contributed by atoms with E-state index in [9.17, 15) is 10.2 Å². The second kappa shape index (κ2) is 2.40. The third-order valence-electron chi connectivity index (χ3n) is 2.09. The zero-order valence-corrected chi connectivity index (χ0v) is 5.75. The highest BCUT2D eigenvalue weighted by Crippen LogP contribution is 2.27. The molecule has 5 atom stereocenters. The lowest BCUT2D eigenvalue weighted by Crippen LogP contribution is -2.53. The van der Waals surface area contributed by atoms with Gasteiger partial charge in [-0.05, 0) is 0 Å². The molecule has 0 saturated carbocycles. The minimum absolute atomic E-state index is 0.236. The summed E-state index contributed by atoms with van der Waals surface area (Å²) < 4.78 is 9.95. The van der Waals surface area contributed by atoms with Crippen molar-refractivity contribution >= 4 is 0 Å². The maximum absolute atomic E-state index is 9.22. The monoisotopic (exact) mass is 162 g/mol. The highest BCUT2D eigenvalue weighted by Gasteiger charge is 2.48. The summed E-state index contributed by atoms with van der Waals surface area (Å²) in [6.45, 7) is 0.236. The molecule has 0 aliphatic carbocycles. The highest BCUT2D eigenvalue weighted by atomic mass is 16.7. The summed E-state index contributed by atoms with van der Waals surface area (Å²) in [4.78, 5) is 0. The Hall–Kier alpha value is -0.200. The van der Waals surface area contributed by atoms with Gasteiger partial charge in [-0.2, -0.15) is 0 Å². The molecule has 2 heterocycles. The van der Waals surface area contributed by atoms with Crippen molar-refractivity contribution in [3.8, 4) is 0 Å². The van der Waals surface area contributed by atoms with E-state index in [1.54, 1.807) is 0 Å². The van der Waals surface area contributed by atoms with Gasteiger partial charge in [0.15, 0.2) is 6.29 Å². The SMILES string of the molecule is O[C@@H]1[C@@H](O)[C@@H]2OC[C@H](O2)[C@H]1O. The Bertz CT molecular complexity index is 141. The molecule has 5 nitrogen and oxygen atoms in total. The normalized spacial score (nSPS) is 56.5. The molecule has 64 valence electrons. The number of aliphatic hydroxyl groups is 3. The summed E-state index contributed by atoms with van der Waals surface area (Å²) in [7, 11) is 0. The van der Waals surface area contributed by atoms with Crippen molar-refractivity contribution in [2.75, 3.05) is 6.61 Å². The number of fused-ring (bicyclic) bond motifs is 2. The van der Waals surface area contributed by atoms with Crippen molar-refractivity contribution in [2.45, 2.75) is 30.7 Å². The smallest absolute Gasteiger partial charge is 0.186 e. The van der Waals surface area contributed by atoms with E-state index < -0.39 is 30.7 Å². The average Bonchev–Trinajstić information content (AvgIpc) is 2.44. The van der Waals surface area contributed by atoms with Crippen molar-refractivity contribution in [3.05, 3.63) is 0 Å². The molecule has 5 heteroatoms. The van der Waals surface area contributed by atoms with Gasteiger partial charge in [-0.3, -0.25) is 0 Å². The van der Waals surface area contributed by atoms with E-state index in [2.05, 4.69) is 0 Å². The van der Waals surface area contributed by atoms with E-state index in [1.807, 2.05) is 0 Å². The molecule has 0 unspecified atom stereocenters. The Kier molecular flexibility index (Phi) is 1.62. The first-order chi connectivity index (χ1) is 5.20. The molecule has 0 radical (unpaired) electrons. The van der Waals surface area contributed by atoms with Crippen LogP contribution >= 0.6 is 0 Å². The van der Waals surface area contributed by atoms with Crippen molar-refractivity contribution in [1.29, 1.82) is 0 Å². The van der Waals surface area contributed by atoms with Crippen molar-refractivity contribution in [2.24, 2.45) is 0 Å². The highest BCUT2D eigenvalue weighted by molar-refractivity contribution is 4.92. The van der Waals surface area contributed by atoms with Gasteiger partial charge in [0.25, 0.3) is 0 Å². The quantitative estimate of drug-likeness (QED) is 0.377. The van der Waals surface area contributed by atoms with Crippen LogP contribution in [0.15, 0.2) is 0 Å². The fraction of sp³-hybridized carbons (Fsp3) is 1.00. The lowest BCUT2D eigenvalue weighted by atomic mass is 10.0. The number of aliphatic hydroxyl groups excluding tert-OH is 3. The summed E-state index contributed by atoms with van der Waals surface area (Å²) in [6.07, 6.45) is -4.58. The molecule has 0 aromatic carbocycles. The van der Waals surface area contributed by atoms with Crippen LogP contribution in [0, 0.1) is 0 Å². The van der Waals surface area contributed by atoms with Crippen LogP contribution in [0.3, 0.4) is 0 Å². The molecule has 2 aliphatic heterocycles. The van der Waals surface area contributed by atoms with Gasteiger partial charge in [0, 0.05) is 0 Å². The van der Waals surface area contributed by atoms with Gasteiger partial charge in [-0.15, -0.1) is 0 Å². The van der Waals surface area contributed by atoms with Crippen LogP contribution in [-0.2, 0) is 9.47 Å². The van der Waals surface area contributed by atoms with Gasteiger partial charge >= 0.3 is 0 Å². The standard InChI is InChI=1S/C6H10O5/c7-3-2-1-10-6(11-2)5(9)4(3)8/h2-9H,1H2/t2-,3+,4-,5+,6+/m0/s1. The second-order valence-corrected chi connectivity index (χ2v) is 2.85. The molecule has 2 rings (SSSR count). The Morgan fingerprint density at radius 3 is 2.45 bits per heavy atom. The number of hydrogen-bond acceptors (Lipinski definition) is 5. The van der Waals surface area contributed by atoms with Crippen molar-refractivity contribution in [3.63, 3.8) is 0 Å². The summed E-state index contributed by atoms with van der Waals surface area (Å²) in [5.74, 6) is 0. The van der Waals surface area contributed by atoms with Crippen LogP contribution in [0.5, 0.6) is 0 Å². The first kappa shape index (κ1) is 7.45. The number of rotatable bonds is 0. The van der Waals surface area contributed by atoms with E-state index in [1.165, 1.54) is 0 Å². The molecule has 2 aliphatic rings. The number of ether oxygens (including phenoxy) is 2. The van der Waals surface area contributed by atoms with E-state index in [0.717, 1.165) is 0 Å². The fourth-order valence-corrected chi connectivity index (χ4v) is 1.38. The van der Waals surface area contributed by atoms with Gasteiger partial charge in [-0.1, -0.05) is 0 Å². The molecule has 2 saturated heterocycles. The molecule has 3 N–H and O–H groups in total. The van der Waals surface area contributed by atoms with Crippen LogP contribution in [0.1, 0.15) is 0 Å². The summed E-state index contributed by atoms with van der Waals surface area (Å²) in [5, 5.41) is 27.6. The topological polar surface area (TPSA) is 79.2 Å². The van der Waals surface area contributed by atoms with Crippen molar-refractivity contribution < 1.29 is 24.8 Å². The Morgan fingerprint density at radius 1 is 1.00 bits per heavy atom. The zero-order chi connectivity index (χ0) is 8.01. The second-order valence-electron chi connectivity index (χ2n) is 2.85. The minimum Gasteiger partial charge on any atom is -0.387 e. The van der Waals surface area contributed by atoms with Gasteiger partial charge in [0.1, 0.15) is 24.4 Å². The predicted molar refractivity (Wildman–Crippen MR) is 32.6 cm³/mol. The largest absolute Gasteiger partial charge is 0.387 e. The maximum atomic E-state index is 9.22. The average molecular weight is 162 g/mol. The molecule has 0 spiro atoms. The first-order valence-corrected chi connectivity index (χ1v) is 3.51. The van der Waals surface area contributed by atoms with Crippen LogP contribution in [0.25, 0.3) is 0 Å². The summed E-state index contributed by atoms with van der Waals surface area (Å²) in [5.41, 5.74) is 0. The molecular formula is C6H10O5. The van der Waals surface area contributed by atoms with E-state index in [0.29, 0.717) is 0 Å². The molecule has 11 heavy (non-hydrogen) atoms. The molecular weight excluding hydrogens is 152 g/mol. The molecule has 2 bridgehead atoms. The van der Waals surface area contributed by atoms with Crippen LogP contribution < -0.4 is 0 Å². The van der Waals surface area contributed by atoms with Crippen LogP contribution in [0.2, 0.25) is 0 Å². The molecule has 0 amide bonds. The van der Waals surface area contributed by atoms with E-state index >= 15 is 0 Å². The van der Waals surface area contributed by atoms with Crippen LogP contribution in [0.4, 0.5) is 0 Å². The Balaban J connectivity index is 2.16. The van der Waals surface area contributed by atoms with Crippen molar-refractivity contribution in [1.82, 2.24) is 0 Å². The molecule has 0 aromatic rings. The molecule has 0 aromatic heterocycles. The lowest BCUT2D eigenvalue weighted by Gasteiger charge is -2.32. The van der Waals surface area contributed by atoms with E-state index in [-0.39, 0.29) is 6.61 Å². The van der Waals surface area contributed by atoms with Gasteiger partial charge in [0.05, 0.1) is 6.61 Å². The predicted octanol–water partition coefficient (Wildman–Crippen LogP) is -2.18. The van der Waals surface area contributed by atoms with Gasteiger partial charge in [0.2, 0.25) is 0 Å². The summed E-state index contributed by atoms with van der Waals surface area (Å²) >= 11 is 0. The first-order valence-electron chi connectivity index (χ1n) is 3.51. The van der Waals surface area contributed by atoms with Gasteiger partial charge < -0.3 is 24.8 Å². The Labute approximate surface area is 63.2 Å². The minimum atomic E-state index is -1.15. The fourth-order valence-electron chi connectivity index (χ4n) is 1.38. The lowest BCUT2D eigenvalue weighted by molar-refractivity contribution is -0.228. The maximum Gasteiger partial charge on any atom is 0.186 e. The van der Waals surface area contributed by atoms with Gasteiger partial charge in [-0.25, -0.2) is 0 Å². The number of hydrogen-bond donors (Lipinski definition) is 3. The third kappa shape index (κ3) is 0.969. The van der Waals surface area contributed by atoms with Crippen LogP contribution in [-0.4, -0.2) is 52.6 Å². The Morgan fingerprint density at radius 2 is 1.73 bits per heavy atom. The summed E-state index contributed by atoms with van der Waals surface area (Å²) in [6, 6.07) is 0. The zero-order valence-electron chi connectivity index (χ0n) is 5.75. The molecule has 2 fully saturated rings. The van der Waals surface area contributed by atoms with E-state index in [4.69, 9.17) is 14.6 Å².